The molecule has 33 heavy (non-hydrogen) atoms. The van der Waals surface area contributed by atoms with Crippen molar-refractivity contribution in [2.24, 2.45) is 0 Å². The fourth-order valence-electron chi connectivity index (χ4n) is 4.07. The molecule has 2 heterocycles. The average molecular weight is 505 g/mol. The Balaban J connectivity index is 0.00000259. The van der Waals surface area contributed by atoms with Crippen LogP contribution in [0.2, 0.25) is 0 Å². The molecule has 0 saturated carbocycles. The molecule has 0 bridgehead atoms. The monoisotopic (exact) mass is 504 g/mol. The van der Waals surface area contributed by atoms with E-state index in [-0.39, 0.29) is 41.2 Å². The lowest BCUT2D eigenvalue weighted by atomic mass is 10.0. The van der Waals surface area contributed by atoms with E-state index in [1.165, 1.54) is 24.3 Å². The van der Waals surface area contributed by atoms with Gasteiger partial charge in [0.25, 0.3) is 5.82 Å². The van der Waals surface area contributed by atoms with Crippen LogP contribution in [0.1, 0.15) is 33.5 Å². The number of ketones is 1. The molecule has 3 aromatic carbocycles. The molecule has 1 unspecified atom stereocenters. The highest BCUT2D eigenvalue weighted by Crippen LogP contribution is 2.31. The normalized spacial score (nSPS) is 11.8. The summed E-state index contributed by atoms with van der Waals surface area (Å²) in [6.45, 7) is 2.16. The number of para-hydroxylation sites is 1. The Kier molecular flexibility index (Phi) is 6.56. The van der Waals surface area contributed by atoms with Crippen molar-refractivity contribution >= 4 is 16.8 Å². The van der Waals surface area contributed by atoms with Gasteiger partial charge in [-0.25, -0.2) is 13.5 Å². The van der Waals surface area contributed by atoms with Gasteiger partial charge in [-0.3, -0.25) is 4.79 Å². The van der Waals surface area contributed by atoms with Gasteiger partial charge in [-0.2, -0.15) is 0 Å². The summed E-state index contributed by atoms with van der Waals surface area (Å²) in [6, 6.07) is 25.7. The lowest BCUT2D eigenvalue weighted by molar-refractivity contribution is -0.688. The van der Waals surface area contributed by atoms with Crippen LogP contribution in [-0.2, 0) is 6.54 Å². The minimum Gasteiger partial charge on any atom is -1.00 e. The van der Waals surface area contributed by atoms with Crippen molar-refractivity contribution in [1.82, 2.24) is 4.57 Å². The Morgan fingerprint density at radius 1 is 1.00 bits per heavy atom. The number of imidazole rings is 1. The molecule has 0 aliphatic heterocycles. The van der Waals surface area contributed by atoms with Crippen LogP contribution in [0.4, 0.5) is 4.39 Å². The molecule has 0 aliphatic rings. The summed E-state index contributed by atoms with van der Waals surface area (Å²) in [4.78, 5) is 12.7. The molecule has 0 spiro atoms. The quantitative estimate of drug-likeness (QED) is 0.263. The average Bonchev–Trinajstić information content (AvgIpc) is 3.39. The Labute approximate surface area is 201 Å². The Bertz CT molecular complexity index is 1360. The summed E-state index contributed by atoms with van der Waals surface area (Å²) in [5, 5.41) is 1.05. The molecule has 1 atom stereocenters. The number of carbonyl (C=O) groups excluding carboxylic acids is 1. The maximum atomic E-state index is 13.2. The molecule has 0 amide bonds. The van der Waals surface area contributed by atoms with Gasteiger partial charge in [-0.15, -0.1) is 0 Å². The first-order valence-corrected chi connectivity index (χ1v) is 10.5. The molecule has 0 N–H and O–H groups in total. The van der Waals surface area contributed by atoms with Crippen LogP contribution < -0.4 is 21.5 Å². The maximum absolute atomic E-state index is 13.2. The summed E-state index contributed by atoms with van der Waals surface area (Å²) in [5.41, 5.74) is 2.41. The van der Waals surface area contributed by atoms with Crippen LogP contribution in [0.25, 0.3) is 11.0 Å². The van der Waals surface area contributed by atoms with Gasteiger partial charge >= 0.3 is 0 Å². The van der Waals surface area contributed by atoms with E-state index in [0.29, 0.717) is 5.56 Å². The number of halogens is 2. The molecule has 0 radical (unpaired) electrons. The number of carbonyl (C=O) groups is 1. The van der Waals surface area contributed by atoms with E-state index in [2.05, 4.69) is 22.8 Å². The third-order valence-electron chi connectivity index (χ3n) is 5.78. The second kappa shape index (κ2) is 9.55. The molecule has 0 fully saturated rings. The largest absolute Gasteiger partial charge is 1.00 e. The molecule has 166 valence electrons. The van der Waals surface area contributed by atoms with E-state index in [9.17, 15) is 9.18 Å². The summed E-state index contributed by atoms with van der Waals surface area (Å²) in [5.74, 6) is 1.31. The topological polar surface area (TPSA) is 39.0 Å². The van der Waals surface area contributed by atoms with Gasteiger partial charge in [0, 0.05) is 23.4 Å². The SMILES string of the molecule is Cc1n(C(c2ccccc2)c2cc3ccccc3o2)cc[n+]1CC(=O)c1ccc(F)cc1.[Br-]. The van der Waals surface area contributed by atoms with Crippen molar-refractivity contribution < 1.29 is 35.2 Å². The minimum absolute atomic E-state index is 0. The van der Waals surface area contributed by atoms with Gasteiger partial charge in [0.2, 0.25) is 5.78 Å². The molecular weight excluding hydrogens is 483 g/mol. The molecule has 0 aliphatic carbocycles. The highest BCUT2D eigenvalue weighted by atomic mass is 79.9. The number of furan rings is 1. The zero-order valence-electron chi connectivity index (χ0n) is 18.0. The number of fused-ring (bicyclic) bond motifs is 1. The fourth-order valence-corrected chi connectivity index (χ4v) is 4.07. The molecule has 5 aromatic rings. The first-order valence-electron chi connectivity index (χ1n) is 10.5. The number of hydrogen-bond donors (Lipinski definition) is 0. The van der Waals surface area contributed by atoms with Crippen molar-refractivity contribution in [2.75, 3.05) is 0 Å². The highest BCUT2D eigenvalue weighted by molar-refractivity contribution is 5.95. The van der Waals surface area contributed by atoms with Gasteiger partial charge < -0.3 is 21.4 Å². The van der Waals surface area contributed by atoms with Crippen molar-refractivity contribution in [3.63, 3.8) is 0 Å². The molecular formula is C27H22BrFN2O2. The highest BCUT2D eigenvalue weighted by Gasteiger charge is 2.29. The van der Waals surface area contributed by atoms with Crippen LogP contribution in [-0.4, -0.2) is 10.4 Å². The minimum atomic E-state index is -0.354. The molecule has 6 heteroatoms. The number of benzene rings is 3. The van der Waals surface area contributed by atoms with E-state index in [4.69, 9.17) is 4.42 Å². The van der Waals surface area contributed by atoms with Crippen LogP contribution in [0.3, 0.4) is 0 Å². The summed E-state index contributed by atoms with van der Waals surface area (Å²) in [7, 11) is 0. The number of hydrogen-bond acceptors (Lipinski definition) is 2. The van der Waals surface area contributed by atoms with E-state index < -0.39 is 0 Å². The second-order valence-corrected chi connectivity index (χ2v) is 7.81. The second-order valence-electron chi connectivity index (χ2n) is 7.81. The lowest BCUT2D eigenvalue weighted by Crippen LogP contribution is -3.00. The number of rotatable bonds is 6. The summed E-state index contributed by atoms with van der Waals surface area (Å²) in [6.07, 6.45) is 3.87. The first-order chi connectivity index (χ1) is 15.6. The third kappa shape index (κ3) is 4.52. The van der Waals surface area contributed by atoms with E-state index in [0.717, 1.165) is 28.1 Å². The molecule has 2 aromatic heterocycles. The Morgan fingerprint density at radius 2 is 1.70 bits per heavy atom. The predicted molar refractivity (Wildman–Crippen MR) is 120 cm³/mol. The van der Waals surface area contributed by atoms with Gasteiger partial charge in [-0.05, 0) is 36.4 Å². The smallest absolute Gasteiger partial charge is 0.254 e. The van der Waals surface area contributed by atoms with E-state index in [1.54, 1.807) is 0 Å². The van der Waals surface area contributed by atoms with Crippen LogP contribution in [0.15, 0.2) is 102 Å². The van der Waals surface area contributed by atoms with Gasteiger partial charge in [-0.1, -0.05) is 48.5 Å². The van der Waals surface area contributed by atoms with Crippen molar-refractivity contribution in [3.8, 4) is 0 Å². The van der Waals surface area contributed by atoms with Gasteiger partial charge in [0.05, 0.1) is 0 Å². The van der Waals surface area contributed by atoms with Crippen LogP contribution in [0, 0.1) is 12.7 Å². The van der Waals surface area contributed by atoms with Crippen molar-refractivity contribution in [3.05, 3.63) is 126 Å². The summed E-state index contributed by atoms with van der Waals surface area (Å²) < 4.78 is 23.5. The van der Waals surface area contributed by atoms with Crippen LogP contribution in [0.5, 0.6) is 0 Å². The third-order valence-corrected chi connectivity index (χ3v) is 5.78. The standard InChI is InChI=1S/C27H22FN2O2.BrH/c1-19-29(18-24(31)20-11-13-23(28)14-12-20)15-16-30(19)27(21-7-3-2-4-8-21)26-17-22-9-5-6-10-25(22)32-26;/h2-17,27H,18H2,1H3;1H/q+1;/p-1. The molecule has 4 nitrogen and oxygen atoms in total. The number of aromatic nitrogens is 2. The lowest BCUT2D eigenvalue weighted by Gasteiger charge is -2.13. The van der Waals surface area contributed by atoms with Crippen molar-refractivity contribution in [2.45, 2.75) is 19.5 Å². The number of Topliss-reactive ketones (excluding diaryl/α,β-unsaturated/α-hetero) is 1. The first kappa shape index (κ1) is 22.7. The van der Waals surface area contributed by atoms with E-state index >= 15 is 0 Å². The molecule has 0 saturated heterocycles. The zero-order valence-corrected chi connectivity index (χ0v) is 19.6. The summed E-state index contributed by atoms with van der Waals surface area (Å²) >= 11 is 0. The Hall–Kier alpha value is -3.51. The number of nitrogens with zero attached hydrogens (tertiary/aromatic N) is 2. The van der Waals surface area contributed by atoms with Crippen LogP contribution >= 0.6 is 0 Å². The fraction of sp³-hybridized carbons (Fsp3) is 0.111. The van der Waals surface area contributed by atoms with Gasteiger partial charge in [0.15, 0.2) is 18.3 Å². The van der Waals surface area contributed by atoms with Gasteiger partial charge in [0.1, 0.15) is 23.8 Å². The Morgan fingerprint density at radius 3 is 2.42 bits per heavy atom. The zero-order chi connectivity index (χ0) is 22.1. The predicted octanol–water partition coefficient (Wildman–Crippen LogP) is 2.49. The van der Waals surface area contributed by atoms with E-state index in [1.807, 2.05) is 66.3 Å². The van der Waals surface area contributed by atoms with Crippen molar-refractivity contribution in [1.29, 1.82) is 0 Å². The molecule has 5 rings (SSSR count). The maximum Gasteiger partial charge on any atom is 0.254 e.